The number of aromatic carboxylic acids is 1. The third-order valence-electron chi connectivity index (χ3n) is 5.51. The summed E-state index contributed by atoms with van der Waals surface area (Å²) in [4.78, 5) is 11.9. The molecule has 146 valence electrons. The molecule has 0 bridgehead atoms. The minimum atomic E-state index is -0.933. The van der Waals surface area contributed by atoms with Crippen molar-refractivity contribution in [1.29, 1.82) is 0 Å². The lowest BCUT2D eigenvalue weighted by atomic mass is 9.95. The van der Waals surface area contributed by atoms with E-state index < -0.39 is 5.97 Å². The predicted molar refractivity (Wildman–Crippen MR) is 108 cm³/mol. The first-order valence-corrected chi connectivity index (χ1v) is 9.76. The highest BCUT2D eigenvalue weighted by atomic mass is 16.5. The summed E-state index contributed by atoms with van der Waals surface area (Å²) < 4.78 is 13.2. The summed E-state index contributed by atoms with van der Waals surface area (Å²) in [5.74, 6) is -0.322. The maximum Gasteiger partial charge on any atom is 0.336 e. The molecule has 0 unspecified atom stereocenters. The van der Waals surface area contributed by atoms with Gasteiger partial charge in [0.25, 0.3) is 0 Å². The average molecular weight is 379 g/mol. The highest BCUT2D eigenvalue weighted by molar-refractivity contribution is 5.91. The molecular formula is C23H25NO4. The van der Waals surface area contributed by atoms with Gasteiger partial charge >= 0.3 is 5.97 Å². The molecular weight excluding hydrogens is 354 g/mol. The number of rotatable bonds is 7. The molecule has 0 aliphatic heterocycles. The van der Waals surface area contributed by atoms with Crippen molar-refractivity contribution in [3.63, 3.8) is 0 Å². The fourth-order valence-electron chi connectivity index (χ4n) is 4.22. The first-order chi connectivity index (χ1) is 13.7. The van der Waals surface area contributed by atoms with Gasteiger partial charge in [-0.15, -0.1) is 0 Å². The maximum atomic E-state index is 11.9. The zero-order valence-electron chi connectivity index (χ0n) is 16.1. The number of hydrogen-bond acceptors (Lipinski definition) is 3. The zero-order chi connectivity index (χ0) is 19.5. The molecule has 4 rings (SSSR count). The van der Waals surface area contributed by atoms with Crippen LogP contribution in [0.25, 0.3) is 10.9 Å². The second-order valence-corrected chi connectivity index (χ2v) is 7.16. The van der Waals surface area contributed by atoms with E-state index >= 15 is 0 Å². The molecule has 1 aliphatic carbocycles. The van der Waals surface area contributed by atoms with Gasteiger partial charge in [-0.1, -0.05) is 24.3 Å². The third-order valence-corrected chi connectivity index (χ3v) is 5.51. The number of aromatic nitrogens is 1. The second kappa shape index (κ2) is 8.07. The number of hydrogen-bond donors (Lipinski definition) is 1. The molecule has 28 heavy (non-hydrogen) atoms. The Morgan fingerprint density at radius 1 is 1.07 bits per heavy atom. The molecule has 1 aliphatic rings. The summed E-state index contributed by atoms with van der Waals surface area (Å²) in [6, 6.07) is 13.7. The molecule has 5 heteroatoms. The fraction of sp³-hybridized carbons (Fsp3) is 0.348. The summed E-state index contributed by atoms with van der Waals surface area (Å²) in [5.41, 5.74) is 4.90. The average Bonchev–Trinajstić information content (AvgIpc) is 3.03. The molecule has 0 fully saturated rings. The van der Waals surface area contributed by atoms with E-state index in [0.29, 0.717) is 31.1 Å². The van der Waals surface area contributed by atoms with Crippen molar-refractivity contribution >= 4 is 16.9 Å². The summed E-state index contributed by atoms with van der Waals surface area (Å²) in [6.07, 6.45) is 4.49. The van der Waals surface area contributed by atoms with Crippen LogP contribution in [0.3, 0.4) is 0 Å². The minimum Gasteiger partial charge on any atom is -0.491 e. The Balaban J connectivity index is 1.82. The highest BCUT2D eigenvalue weighted by Gasteiger charge is 2.22. The Bertz CT molecular complexity index is 1010. The Morgan fingerprint density at radius 3 is 2.71 bits per heavy atom. The number of benzene rings is 2. The second-order valence-electron chi connectivity index (χ2n) is 7.16. The summed E-state index contributed by atoms with van der Waals surface area (Å²) in [6.45, 7) is 1.33. The van der Waals surface area contributed by atoms with Crippen molar-refractivity contribution in [2.45, 2.75) is 32.2 Å². The van der Waals surface area contributed by atoms with E-state index in [1.165, 1.54) is 29.5 Å². The molecule has 0 saturated heterocycles. The summed E-state index contributed by atoms with van der Waals surface area (Å²) in [7, 11) is 1.62. The Labute approximate surface area is 164 Å². The van der Waals surface area contributed by atoms with Gasteiger partial charge in [0.15, 0.2) is 0 Å². The lowest BCUT2D eigenvalue weighted by Gasteiger charge is -2.19. The quantitative estimate of drug-likeness (QED) is 0.622. The van der Waals surface area contributed by atoms with Crippen molar-refractivity contribution in [2.24, 2.45) is 0 Å². The number of carbonyl (C=O) groups is 1. The van der Waals surface area contributed by atoms with Crippen molar-refractivity contribution in [2.75, 3.05) is 20.3 Å². The number of methoxy groups -OCH3 is 1. The van der Waals surface area contributed by atoms with Crippen LogP contribution in [-0.2, 0) is 24.1 Å². The van der Waals surface area contributed by atoms with Gasteiger partial charge in [-0.05, 0) is 49.4 Å². The van der Waals surface area contributed by atoms with Crippen molar-refractivity contribution < 1.29 is 19.4 Å². The monoisotopic (exact) mass is 379 g/mol. The van der Waals surface area contributed by atoms with Gasteiger partial charge in [0.1, 0.15) is 12.4 Å². The van der Waals surface area contributed by atoms with Gasteiger partial charge in [0, 0.05) is 29.3 Å². The normalized spacial score (nSPS) is 13.5. The van der Waals surface area contributed by atoms with Crippen LogP contribution in [0.4, 0.5) is 0 Å². The number of ether oxygens (including phenoxy) is 2. The maximum absolute atomic E-state index is 11.9. The van der Waals surface area contributed by atoms with Crippen molar-refractivity contribution in [1.82, 2.24) is 4.57 Å². The van der Waals surface area contributed by atoms with Crippen LogP contribution in [0, 0.1) is 0 Å². The molecule has 5 nitrogen and oxygen atoms in total. The molecule has 0 spiro atoms. The molecule has 3 aromatic rings. The third kappa shape index (κ3) is 3.38. The van der Waals surface area contributed by atoms with E-state index in [1.807, 2.05) is 12.1 Å². The molecule has 0 amide bonds. The van der Waals surface area contributed by atoms with Crippen LogP contribution < -0.4 is 4.74 Å². The van der Waals surface area contributed by atoms with E-state index in [2.05, 4.69) is 22.8 Å². The molecule has 1 heterocycles. The lowest BCUT2D eigenvalue weighted by molar-refractivity contribution is 0.0694. The standard InChI is InChI=1S/C23H25NO4/c1-27-13-14-28-22-12-6-9-18(23(25)26)19(22)15-24-20-10-4-2-7-16(20)17-8-3-5-11-21(17)24/h2,4,6-7,9-10,12H,3,5,8,11,13-15H2,1H3,(H,25,26). The largest absolute Gasteiger partial charge is 0.491 e. The molecule has 1 aromatic heterocycles. The number of aryl methyl sites for hydroxylation is 1. The van der Waals surface area contributed by atoms with Gasteiger partial charge in [0.2, 0.25) is 0 Å². The first kappa shape index (κ1) is 18.6. The van der Waals surface area contributed by atoms with Crippen LogP contribution in [0.5, 0.6) is 5.75 Å². The molecule has 2 aromatic carbocycles. The zero-order valence-corrected chi connectivity index (χ0v) is 16.1. The van der Waals surface area contributed by atoms with E-state index in [-0.39, 0.29) is 5.56 Å². The van der Waals surface area contributed by atoms with Crippen molar-refractivity contribution in [3.05, 3.63) is 64.8 Å². The van der Waals surface area contributed by atoms with E-state index in [9.17, 15) is 9.90 Å². The van der Waals surface area contributed by atoms with Crippen molar-refractivity contribution in [3.8, 4) is 5.75 Å². The van der Waals surface area contributed by atoms with Gasteiger partial charge in [-0.3, -0.25) is 0 Å². The number of fused-ring (bicyclic) bond motifs is 3. The molecule has 1 N–H and O–H groups in total. The van der Waals surface area contributed by atoms with Crippen LogP contribution in [0.15, 0.2) is 42.5 Å². The molecule has 0 saturated carbocycles. The number of carboxylic acid groups (broad SMARTS) is 1. The van der Waals surface area contributed by atoms with Gasteiger partial charge in [-0.25, -0.2) is 4.79 Å². The lowest BCUT2D eigenvalue weighted by Crippen LogP contribution is -2.14. The van der Waals surface area contributed by atoms with E-state index in [4.69, 9.17) is 9.47 Å². The fourth-order valence-corrected chi connectivity index (χ4v) is 4.22. The number of para-hydroxylation sites is 1. The van der Waals surface area contributed by atoms with Crippen LogP contribution in [-0.4, -0.2) is 36.0 Å². The number of carboxylic acids is 1. The predicted octanol–water partition coefficient (Wildman–Crippen LogP) is 4.29. The molecule has 0 radical (unpaired) electrons. The van der Waals surface area contributed by atoms with Crippen LogP contribution in [0.2, 0.25) is 0 Å². The first-order valence-electron chi connectivity index (χ1n) is 9.76. The van der Waals surface area contributed by atoms with Gasteiger partial charge < -0.3 is 19.1 Å². The Morgan fingerprint density at radius 2 is 1.89 bits per heavy atom. The van der Waals surface area contributed by atoms with Gasteiger partial charge in [-0.2, -0.15) is 0 Å². The van der Waals surface area contributed by atoms with Gasteiger partial charge in [0.05, 0.1) is 18.7 Å². The van der Waals surface area contributed by atoms with Crippen LogP contribution in [0.1, 0.15) is 40.0 Å². The van der Waals surface area contributed by atoms with E-state index in [0.717, 1.165) is 18.4 Å². The molecule has 0 atom stereocenters. The topological polar surface area (TPSA) is 60.7 Å². The SMILES string of the molecule is COCCOc1cccc(C(=O)O)c1Cn1c2c(c3ccccc31)CCCC2. The minimum absolute atomic E-state index is 0.289. The Kier molecular flexibility index (Phi) is 5.35. The van der Waals surface area contributed by atoms with Crippen LogP contribution >= 0.6 is 0 Å². The Hall–Kier alpha value is -2.79. The highest BCUT2D eigenvalue weighted by Crippen LogP contribution is 2.34. The smallest absolute Gasteiger partial charge is 0.336 e. The number of nitrogens with zero attached hydrogens (tertiary/aromatic N) is 1. The summed E-state index contributed by atoms with van der Waals surface area (Å²) >= 11 is 0. The van der Waals surface area contributed by atoms with E-state index in [1.54, 1.807) is 19.2 Å². The summed E-state index contributed by atoms with van der Waals surface area (Å²) in [5, 5.41) is 11.0.